The zero-order chi connectivity index (χ0) is 8.04. The van der Waals surface area contributed by atoms with Crippen molar-refractivity contribution in [2.24, 2.45) is 0 Å². The van der Waals surface area contributed by atoms with Crippen molar-refractivity contribution in [2.75, 3.05) is 13.4 Å². The molecule has 0 amide bonds. The van der Waals surface area contributed by atoms with E-state index < -0.39 is 19.6 Å². The second-order valence-corrected chi connectivity index (χ2v) is 1.34. The minimum atomic E-state index is -4.37. The molecule has 10 heavy (non-hydrogen) atoms. The van der Waals surface area contributed by atoms with Crippen LogP contribution in [0.1, 0.15) is 0 Å². The minimum Gasteiger partial charge on any atom is -0.441 e. The second-order valence-electron chi connectivity index (χ2n) is 1.34. The van der Waals surface area contributed by atoms with Crippen LogP contribution in [0.25, 0.3) is 0 Å². The van der Waals surface area contributed by atoms with Crippen LogP contribution in [0.2, 0.25) is 0 Å². The van der Waals surface area contributed by atoms with Gasteiger partial charge in [-0.15, -0.1) is 0 Å². The average Bonchev–Trinajstić information content (AvgIpc) is 1.78. The summed E-state index contributed by atoms with van der Waals surface area (Å²) in [6, 6.07) is 0. The fraction of sp³-hybridized carbons (Fsp3) is 0.750. The second kappa shape index (κ2) is 4.10. The van der Waals surface area contributed by atoms with E-state index in [0.29, 0.717) is 0 Å². The topological polar surface area (TPSA) is 35.5 Å². The quantitative estimate of drug-likeness (QED) is 0.343. The van der Waals surface area contributed by atoms with Crippen LogP contribution in [-0.2, 0) is 14.3 Å². The van der Waals surface area contributed by atoms with E-state index in [-0.39, 0.29) is 6.47 Å². The summed E-state index contributed by atoms with van der Waals surface area (Å²) in [6.07, 6.45) is -4.37. The Balaban J connectivity index is 3.12. The number of hydrogen-bond acceptors (Lipinski definition) is 3. The molecular formula is C4H5F3O3. The van der Waals surface area contributed by atoms with Crippen molar-refractivity contribution in [3.05, 3.63) is 0 Å². The van der Waals surface area contributed by atoms with E-state index in [9.17, 15) is 18.0 Å². The summed E-state index contributed by atoms with van der Waals surface area (Å²) in [5.74, 6) is 0. The summed E-state index contributed by atoms with van der Waals surface area (Å²) >= 11 is 0. The zero-order valence-corrected chi connectivity index (χ0v) is 4.85. The standard InChI is InChI=1S/C4H5F3O3/c5-4(6,7)1-9-3-10-2-8/h2H,1,3H2. The molecule has 0 saturated heterocycles. The smallest absolute Gasteiger partial charge is 0.411 e. The van der Waals surface area contributed by atoms with E-state index in [4.69, 9.17) is 0 Å². The largest absolute Gasteiger partial charge is 0.441 e. The van der Waals surface area contributed by atoms with Crippen LogP contribution in [-0.4, -0.2) is 26.0 Å². The van der Waals surface area contributed by atoms with Crippen LogP contribution in [0.4, 0.5) is 13.2 Å². The van der Waals surface area contributed by atoms with Crippen molar-refractivity contribution in [3.8, 4) is 0 Å². The highest BCUT2D eigenvalue weighted by Gasteiger charge is 2.27. The Labute approximate surface area is 54.7 Å². The third kappa shape index (κ3) is 7.22. The third-order valence-electron chi connectivity index (χ3n) is 0.485. The lowest BCUT2D eigenvalue weighted by Crippen LogP contribution is -2.17. The summed E-state index contributed by atoms with van der Waals surface area (Å²) in [7, 11) is 0. The first-order valence-electron chi connectivity index (χ1n) is 2.26. The summed E-state index contributed by atoms with van der Waals surface area (Å²) < 4.78 is 41.3. The van der Waals surface area contributed by atoms with Gasteiger partial charge in [-0.1, -0.05) is 0 Å². The molecule has 0 saturated carbocycles. The molecule has 0 N–H and O–H groups in total. The Morgan fingerprint density at radius 2 is 2.00 bits per heavy atom. The maximum Gasteiger partial charge on any atom is 0.411 e. The number of hydrogen-bond donors (Lipinski definition) is 0. The maximum absolute atomic E-state index is 11.2. The molecule has 0 aromatic carbocycles. The van der Waals surface area contributed by atoms with Crippen molar-refractivity contribution in [1.29, 1.82) is 0 Å². The summed E-state index contributed by atoms with van der Waals surface area (Å²) in [5.41, 5.74) is 0. The molecule has 0 aliphatic carbocycles. The number of rotatable bonds is 4. The minimum absolute atomic E-state index is 0.0103. The van der Waals surface area contributed by atoms with Gasteiger partial charge in [0.15, 0.2) is 6.79 Å². The zero-order valence-electron chi connectivity index (χ0n) is 4.85. The molecular weight excluding hydrogens is 153 g/mol. The van der Waals surface area contributed by atoms with Crippen LogP contribution in [0.5, 0.6) is 0 Å². The molecule has 0 bridgehead atoms. The maximum atomic E-state index is 11.2. The molecule has 0 heterocycles. The van der Waals surface area contributed by atoms with E-state index in [1.165, 1.54) is 0 Å². The highest BCUT2D eigenvalue weighted by molar-refractivity contribution is 5.36. The molecule has 0 radical (unpaired) electrons. The number of halogens is 3. The van der Waals surface area contributed by atoms with Gasteiger partial charge in [-0.25, -0.2) is 0 Å². The van der Waals surface area contributed by atoms with Gasteiger partial charge in [-0.3, -0.25) is 4.79 Å². The van der Waals surface area contributed by atoms with Crippen LogP contribution >= 0.6 is 0 Å². The predicted octanol–water partition coefficient (Wildman–Crippen LogP) is 0.696. The first kappa shape index (κ1) is 9.22. The van der Waals surface area contributed by atoms with E-state index in [1.807, 2.05) is 0 Å². The summed E-state index contributed by atoms with van der Waals surface area (Å²) in [5, 5.41) is 0. The Morgan fingerprint density at radius 3 is 2.40 bits per heavy atom. The van der Waals surface area contributed by atoms with Crippen LogP contribution in [0.15, 0.2) is 0 Å². The average molecular weight is 158 g/mol. The van der Waals surface area contributed by atoms with Gasteiger partial charge < -0.3 is 9.47 Å². The molecule has 0 aromatic rings. The molecule has 60 valence electrons. The Bertz CT molecular complexity index is 100. The monoisotopic (exact) mass is 158 g/mol. The number of carbonyl (C=O) groups is 1. The van der Waals surface area contributed by atoms with E-state index >= 15 is 0 Å². The molecule has 0 aliphatic rings. The van der Waals surface area contributed by atoms with Crippen molar-refractivity contribution >= 4 is 6.47 Å². The van der Waals surface area contributed by atoms with Gasteiger partial charge in [-0.05, 0) is 0 Å². The first-order chi connectivity index (χ1) is 4.56. The Kier molecular flexibility index (Phi) is 3.78. The fourth-order valence-electron chi connectivity index (χ4n) is 0.233. The van der Waals surface area contributed by atoms with Gasteiger partial charge >= 0.3 is 6.18 Å². The molecule has 0 aromatic heterocycles. The van der Waals surface area contributed by atoms with Crippen LogP contribution in [0.3, 0.4) is 0 Å². The molecule has 0 spiro atoms. The Morgan fingerprint density at radius 1 is 1.40 bits per heavy atom. The summed E-state index contributed by atoms with van der Waals surface area (Å²) in [4.78, 5) is 9.35. The fourth-order valence-corrected chi connectivity index (χ4v) is 0.233. The highest BCUT2D eigenvalue weighted by Crippen LogP contribution is 2.13. The molecule has 3 nitrogen and oxygen atoms in total. The number of ether oxygens (including phenoxy) is 2. The summed E-state index contributed by atoms with van der Waals surface area (Å²) in [6.45, 7) is -2.06. The lowest BCUT2D eigenvalue weighted by molar-refractivity contribution is -0.195. The molecule has 6 heteroatoms. The van der Waals surface area contributed by atoms with Crippen LogP contribution < -0.4 is 0 Å². The van der Waals surface area contributed by atoms with E-state index in [0.717, 1.165) is 0 Å². The van der Waals surface area contributed by atoms with Gasteiger partial charge in [0.05, 0.1) is 0 Å². The third-order valence-corrected chi connectivity index (χ3v) is 0.485. The molecule has 0 aliphatic heterocycles. The normalized spacial score (nSPS) is 11.1. The Hall–Kier alpha value is -0.780. The van der Waals surface area contributed by atoms with Crippen LogP contribution in [0, 0.1) is 0 Å². The molecule has 0 fully saturated rings. The van der Waals surface area contributed by atoms with Gasteiger partial charge in [0, 0.05) is 0 Å². The van der Waals surface area contributed by atoms with Gasteiger partial charge in [0.1, 0.15) is 6.61 Å². The molecule has 0 unspecified atom stereocenters. The van der Waals surface area contributed by atoms with Gasteiger partial charge in [-0.2, -0.15) is 13.2 Å². The van der Waals surface area contributed by atoms with E-state index in [2.05, 4.69) is 9.47 Å². The SMILES string of the molecule is O=COCOCC(F)(F)F. The number of carbonyl (C=O) groups excluding carboxylic acids is 1. The van der Waals surface area contributed by atoms with Crippen molar-refractivity contribution in [3.63, 3.8) is 0 Å². The van der Waals surface area contributed by atoms with Gasteiger partial charge in [0.25, 0.3) is 6.47 Å². The highest BCUT2D eigenvalue weighted by atomic mass is 19.4. The lowest BCUT2D eigenvalue weighted by Gasteiger charge is -2.05. The van der Waals surface area contributed by atoms with Gasteiger partial charge in [0.2, 0.25) is 0 Å². The predicted molar refractivity (Wildman–Crippen MR) is 24.0 cm³/mol. The lowest BCUT2D eigenvalue weighted by atomic mass is 10.7. The first-order valence-corrected chi connectivity index (χ1v) is 2.26. The van der Waals surface area contributed by atoms with Crippen molar-refractivity contribution < 1.29 is 27.4 Å². The molecule has 0 rings (SSSR count). The van der Waals surface area contributed by atoms with Crippen molar-refractivity contribution in [2.45, 2.75) is 6.18 Å². The van der Waals surface area contributed by atoms with E-state index in [1.54, 1.807) is 0 Å². The van der Waals surface area contributed by atoms with Crippen molar-refractivity contribution in [1.82, 2.24) is 0 Å². The molecule has 0 atom stereocenters. The number of alkyl halides is 3.